The van der Waals surface area contributed by atoms with Crippen molar-refractivity contribution < 1.29 is 0 Å². The summed E-state index contributed by atoms with van der Waals surface area (Å²) in [4.78, 5) is 0. The van der Waals surface area contributed by atoms with Gasteiger partial charge < -0.3 is 0 Å². The van der Waals surface area contributed by atoms with Gasteiger partial charge in [-0.25, -0.2) is 0 Å². The van der Waals surface area contributed by atoms with Gasteiger partial charge in [-0.05, 0) is 24.8 Å². The van der Waals surface area contributed by atoms with Crippen LogP contribution in [0, 0.1) is 24.2 Å². The van der Waals surface area contributed by atoms with Crippen LogP contribution in [0.2, 0.25) is 0 Å². The molecule has 2 unspecified atom stereocenters. The molecular formula is C13H15N. The molecule has 1 aromatic carbocycles. The molecule has 2 atom stereocenters. The first-order valence-electron chi connectivity index (χ1n) is 5.21. The fourth-order valence-corrected chi connectivity index (χ4v) is 2.30. The number of aryl methyl sites for hydroxylation is 1. The Bertz CT molecular complexity index is 388. The number of nitriles is 1. The summed E-state index contributed by atoms with van der Waals surface area (Å²) >= 11 is 0. The van der Waals surface area contributed by atoms with Crippen molar-refractivity contribution in [3.05, 3.63) is 35.4 Å². The first kappa shape index (κ1) is 9.27. The summed E-state index contributed by atoms with van der Waals surface area (Å²) in [5.74, 6) is 0.578. The Morgan fingerprint density at radius 1 is 1.57 bits per heavy atom. The van der Waals surface area contributed by atoms with Crippen LogP contribution in [0.5, 0.6) is 0 Å². The van der Waals surface area contributed by atoms with E-state index in [2.05, 4.69) is 44.2 Å². The van der Waals surface area contributed by atoms with E-state index in [0.717, 1.165) is 12.8 Å². The molecule has 0 amide bonds. The van der Waals surface area contributed by atoms with Gasteiger partial charge in [0.05, 0.1) is 11.5 Å². The van der Waals surface area contributed by atoms with E-state index in [1.165, 1.54) is 11.1 Å². The van der Waals surface area contributed by atoms with Crippen molar-refractivity contribution in [2.75, 3.05) is 0 Å². The third-order valence-corrected chi connectivity index (χ3v) is 3.33. The van der Waals surface area contributed by atoms with Gasteiger partial charge >= 0.3 is 0 Å². The van der Waals surface area contributed by atoms with E-state index in [4.69, 9.17) is 0 Å². The third-order valence-electron chi connectivity index (χ3n) is 3.33. The van der Waals surface area contributed by atoms with Crippen LogP contribution >= 0.6 is 0 Å². The zero-order valence-electron chi connectivity index (χ0n) is 8.75. The molecule has 0 heterocycles. The first-order valence-corrected chi connectivity index (χ1v) is 5.21. The number of hydrogen-bond acceptors (Lipinski definition) is 1. The van der Waals surface area contributed by atoms with E-state index >= 15 is 0 Å². The SMILES string of the molecule is CCC1CC1(C#N)c1cccc(C)c1. The molecule has 0 radical (unpaired) electrons. The van der Waals surface area contributed by atoms with E-state index < -0.39 is 0 Å². The van der Waals surface area contributed by atoms with E-state index in [0.29, 0.717) is 5.92 Å². The van der Waals surface area contributed by atoms with Crippen molar-refractivity contribution in [3.8, 4) is 6.07 Å². The molecule has 1 heteroatoms. The number of rotatable bonds is 2. The molecule has 1 aliphatic carbocycles. The monoisotopic (exact) mass is 185 g/mol. The zero-order chi connectivity index (χ0) is 10.2. The highest BCUT2D eigenvalue weighted by Gasteiger charge is 2.54. The summed E-state index contributed by atoms with van der Waals surface area (Å²) < 4.78 is 0. The van der Waals surface area contributed by atoms with Crippen LogP contribution in [-0.4, -0.2) is 0 Å². The second kappa shape index (κ2) is 3.13. The van der Waals surface area contributed by atoms with Gasteiger partial charge in [-0.1, -0.05) is 43.2 Å². The van der Waals surface area contributed by atoms with Gasteiger partial charge in [0, 0.05) is 0 Å². The molecule has 72 valence electrons. The summed E-state index contributed by atoms with van der Waals surface area (Å²) in [5.41, 5.74) is 2.31. The fraction of sp³-hybridized carbons (Fsp3) is 0.462. The highest BCUT2D eigenvalue weighted by atomic mass is 14.6. The molecule has 2 rings (SSSR count). The lowest BCUT2D eigenvalue weighted by Gasteiger charge is -2.08. The smallest absolute Gasteiger partial charge is 0.0854 e. The molecule has 0 aromatic heterocycles. The van der Waals surface area contributed by atoms with Crippen LogP contribution in [-0.2, 0) is 5.41 Å². The maximum atomic E-state index is 9.25. The minimum atomic E-state index is -0.152. The molecule has 1 fully saturated rings. The van der Waals surface area contributed by atoms with Crippen molar-refractivity contribution in [1.29, 1.82) is 5.26 Å². The van der Waals surface area contributed by atoms with E-state index in [1.54, 1.807) is 0 Å². The molecule has 14 heavy (non-hydrogen) atoms. The molecule has 0 N–H and O–H groups in total. The Hall–Kier alpha value is -1.29. The second-order valence-electron chi connectivity index (χ2n) is 4.26. The van der Waals surface area contributed by atoms with E-state index in [-0.39, 0.29) is 5.41 Å². The average molecular weight is 185 g/mol. The maximum absolute atomic E-state index is 9.25. The molecular weight excluding hydrogens is 170 g/mol. The van der Waals surface area contributed by atoms with Crippen LogP contribution in [0.3, 0.4) is 0 Å². The Kier molecular flexibility index (Phi) is 2.07. The highest BCUT2D eigenvalue weighted by molar-refractivity contribution is 5.42. The summed E-state index contributed by atoms with van der Waals surface area (Å²) in [6.07, 6.45) is 2.16. The second-order valence-corrected chi connectivity index (χ2v) is 4.26. The minimum absolute atomic E-state index is 0.152. The lowest BCUT2D eigenvalue weighted by atomic mass is 9.93. The number of hydrogen-bond donors (Lipinski definition) is 0. The topological polar surface area (TPSA) is 23.8 Å². The largest absolute Gasteiger partial charge is 0.197 e. The van der Waals surface area contributed by atoms with Crippen molar-refractivity contribution in [1.82, 2.24) is 0 Å². The average Bonchev–Trinajstić information content (AvgIpc) is 2.93. The fourth-order valence-electron chi connectivity index (χ4n) is 2.30. The lowest BCUT2D eigenvalue weighted by molar-refractivity contribution is 0.700. The third kappa shape index (κ3) is 1.23. The zero-order valence-corrected chi connectivity index (χ0v) is 8.75. The predicted octanol–water partition coefficient (Wildman–Crippen LogP) is 3.19. The van der Waals surface area contributed by atoms with Crippen LogP contribution in [0.15, 0.2) is 24.3 Å². The first-order chi connectivity index (χ1) is 6.73. The standard InChI is InChI=1S/C13H15N/c1-3-11-8-13(11,9-14)12-6-4-5-10(2)7-12/h4-7,11H,3,8H2,1-2H3. The maximum Gasteiger partial charge on any atom is 0.0854 e. The molecule has 1 nitrogen and oxygen atoms in total. The lowest BCUT2D eigenvalue weighted by Crippen LogP contribution is -2.06. The minimum Gasteiger partial charge on any atom is -0.197 e. The Labute approximate surface area is 85.4 Å². The summed E-state index contributed by atoms with van der Waals surface area (Å²) in [5, 5.41) is 9.25. The normalized spacial score (nSPS) is 29.6. The molecule has 0 spiro atoms. The highest BCUT2D eigenvalue weighted by Crippen LogP contribution is 2.55. The van der Waals surface area contributed by atoms with E-state index in [9.17, 15) is 5.26 Å². The summed E-state index contributed by atoms with van der Waals surface area (Å²) in [6, 6.07) is 10.9. The van der Waals surface area contributed by atoms with E-state index in [1.807, 2.05) is 0 Å². The van der Waals surface area contributed by atoms with Gasteiger partial charge in [0.25, 0.3) is 0 Å². The van der Waals surface area contributed by atoms with Gasteiger partial charge in [0.15, 0.2) is 0 Å². The molecule has 0 saturated heterocycles. The van der Waals surface area contributed by atoms with Gasteiger partial charge in [0.2, 0.25) is 0 Å². The van der Waals surface area contributed by atoms with Gasteiger partial charge in [-0.15, -0.1) is 0 Å². The molecule has 0 aliphatic heterocycles. The van der Waals surface area contributed by atoms with Gasteiger partial charge in [-0.3, -0.25) is 0 Å². The number of benzene rings is 1. The summed E-state index contributed by atoms with van der Waals surface area (Å²) in [7, 11) is 0. The van der Waals surface area contributed by atoms with Crippen molar-refractivity contribution in [3.63, 3.8) is 0 Å². The van der Waals surface area contributed by atoms with Gasteiger partial charge in [-0.2, -0.15) is 5.26 Å². The Morgan fingerprint density at radius 2 is 2.36 bits per heavy atom. The molecule has 1 aromatic rings. The van der Waals surface area contributed by atoms with Crippen molar-refractivity contribution in [2.24, 2.45) is 5.92 Å². The predicted molar refractivity (Wildman–Crippen MR) is 56.9 cm³/mol. The summed E-state index contributed by atoms with van der Waals surface area (Å²) in [6.45, 7) is 4.25. The van der Waals surface area contributed by atoms with Crippen molar-refractivity contribution >= 4 is 0 Å². The van der Waals surface area contributed by atoms with Crippen LogP contribution < -0.4 is 0 Å². The van der Waals surface area contributed by atoms with Crippen LogP contribution in [0.1, 0.15) is 30.9 Å². The Morgan fingerprint density at radius 3 is 2.86 bits per heavy atom. The molecule has 1 saturated carbocycles. The Balaban J connectivity index is 2.36. The van der Waals surface area contributed by atoms with Crippen molar-refractivity contribution in [2.45, 2.75) is 32.1 Å². The number of nitrogens with zero attached hydrogens (tertiary/aromatic N) is 1. The molecule has 1 aliphatic rings. The molecule has 0 bridgehead atoms. The van der Waals surface area contributed by atoms with Gasteiger partial charge in [0.1, 0.15) is 0 Å². The van der Waals surface area contributed by atoms with Crippen LogP contribution in [0.4, 0.5) is 0 Å². The quantitative estimate of drug-likeness (QED) is 0.694. The van der Waals surface area contributed by atoms with Crippen LogP contribution in [0.25, 0.3) is 0 Å².